The van der Waals surface area contributed by atoms with Gasteiger partial charge in [0.1, 0.15) is 5.75 Å². The summed E-state index contributed by atoms with van der Waals surface area (Å²) in [5.74, 6) is 1.43. The number of hydrogen-bond acceptors (Lipinski definition) is 4. The molecule has 0 aromatic heterocycles. The fourth-order valence-corrected chi connectivity index (χ4v) is 3.41. The van der Waals surface area contributed by atoms with Crippen molar-refractivity contribution >= 4 is 18.2 Å². The lowest BCUT2D eigenvalue weighted by Gasteiger charge is -2.46. The highest BCUT2D eigenvalue weighted by Gasteiger charge is 2.46. The van der Waals surface area contributed by atoms with Crippen LogP contribution in [-0.4, -0.2) is 29.8 Å². The smallest absolute Gasteiger partial charge is 0.225 e. The third-order valence-electron chi connectivity index (χ3n) is 4.89. The molecule has 1 atom stereocenters. The third kappa shape index (κ3) is 2.89. The van der Waals surface area contributed by atoms with Crippen molar-refractivity contribution in [3.8, 4) is 5.75 Å². The van der Waals surface area contributed by atoms with Crippen LogP contribution in [0.15, 0.2) is 58.5 Å². The van der Waals surface area contributed by atoms with Gasteiger partial charge < -0.3 is 4.74 Å². The molecule has 0 radical (unpaired) electrons. The molecule has 1 aromatic carbocycles. The fraction of sp³-hybridized carbons (Fsp3) is 0.400. The Hall–Kier alpha value is -2.40. The molecular formula is C20H25N4O+. The molecule has 2 heterocycles. The highest BCUT2D eigenvalue weighted by molar-refractivity contribution is 5.82. The van der Waals surface area contributed by atoms with Crippen molar-refractivity contribution in [1.82, 2.24) is 0 Å². The van der Waals surface area contributed by atoms with Crippen LogP contribution in [-0.2, 0) is 0 Å². The molecule has 0 N–H and O–H groups in total. The van der Waals surface area contributed by atoms with Crippen LogP contribution in [0, 0.1) is 5.92 Å². The summed E-state index contributed by atoms with van der Waals surface area (Å²) in [6, 6.07) is 8.92. The van der Waals surface area contributed by atoms with Gasteiger partial charge >= 0.3 is 0 Å². The first-order valence-corrected chi connectivity index (χ1v) is 9.06. The first-order valence-electron chi connectivity index (χ1n) is 9.06. The van der Waals surface area contributed by atoms with Crippen LogP contribution in [0.5, 0.6) is 5.75 Å². The van der Waals surface area contributed by atoms with Gasteiger partial charge in [0.15, 0.2) is 6.20 Å². The highest BCUT2D eigenvalue weighted by atomic mass is 16.5. The van der Waals surface area contributed by atoms with Crippen LogP contribution in [0.2, 0.25) is 0 Å². The minimum absolute atomic E-state index is 0.488. The summed E-state index contributed by atoms with van der Waals surface area (Å²) in [5, 5.41) is 2.44. The maximum absolute atomic E-state index is 5.96. The minimum Gasteiger partial charge on any atom is -0.493 e. The summed E-state index contributed by atoms with van der Waals surface area (Å²) in [6.07, 6.45) is 13.4. The second kappa shape index (κ2) is 6.48. The minimum atomic E-state index is 0.488. The van der Waals surface area contributed by atoms with Gasteiger partial charge in [-0.15, -0.1) is 4.59 Å². The average molecular weight is 337 g/mol. The van der Waals surface area contributed by atoms with E-state index in [2.05, 4.69) is 53.2 Å². The molecule has 1 unspecified atom stereocenters. The zero-order chi connectivity index (χ0) is 17.3. The Morgan fingerprint density at radius 3 is 2.92 bits per heavy atom. The Bertz CT molecular complexity index is 761. The molecule has 0 amide bonds. The van der Waals surface area contributed by atoms with Gasteiger partial charge in [-0.1, -0.05) is 19.9 Å². The second-order valence-electron chi connectivity index (χ2n) is 7.26. The SMILES string of the molecule is CC(C)COc1cccc(N(C2CCC2)[N+]23C=CN=CC2=CN=C3)c1. The molecule has 1 aliphatic carbocycles. The summed E-state index contributed by atoms with van der Waals surface area (Å²) in [7, 11) is 0. The van der Waals surface area contributed by atoms with Crippen molar-refractivity contribution in [2.45, 2.75) is 39.2 Å². The molecule has 0 saturated heterocycles. The monoisotopic (exact) mass is 337 g/mol. The van der Waals surface area contributed by atoms with Crippen molar-refractivity contribution in [2.75, 3.05) is 11.6 Å². The summed E-state index contributed by atoms with van der Waals surface area (Å²) in [6.45, 7) is 5.06. The predicted molar refractivity (Wildman–Crippen MR) is 101 cm³/mol. The van der Waals surface area contributed by atoms with Crippen molar-refractivity contribution in [3.63, 3.8) is 0 Å². The van der Waals surface area contributed by atoms with Gasteiger partial charge in [0, 0.05) is 6.07 Å². The van der Waals surface area contributed by atoms with E-state index in [1.165, 1.54) is 19.3 Å². The van der Waals surface area contributed by atoms with Gasteiger partial charge in [0.2, 0.25) is 12.0 Å². The molecule has 1 aromatic rings. The van der Waals surface area contributed by atoms with Crippen LogP contribution in [0.3, 0.4) is 0 Å². The molecule has 1 fully saturated rings. The van der Waals surface area contributed by atoms with Crippen LogP contribution in [0.25, 0.3) is 0 Å². The van der Waals surface area contributed by atoms with E-state index in [4.69, 9.17) is 4.74 Å². The van der Waals surface area contributed by atoms with Gasteiger partial charge in [-0.2, -0.15) is 0 Å². The van der Waals surface area contributed by atoms with Gasteiger partial charge in [-0.05, 0) is 37.3 Å². The van der Waals surface area contributed by atoms with Crippen molar-refractivity contribution < 1.29 is 9.33 Å². The van der Waals surface area contributed by atoms with Crippen molar-refractivity contribution in [3.05, 3.63) is 48.6 Å². The van der Waals surface area contributed by atoms with Gasteiger partial charge in [0.05, 0.1) is 37.0 Å². The summed E-state index contributed by atoms with van der Waals surface area (Å²) < 4.78 is 6.45. The molecule has 25 heavy (non-hydrogen) atoms. The topological polar surface area (TPSA) is 37.2 Å². The van der Waals surface area contributed by atoms with Crippen molar-refractivity contribution in [2.24, 2.45) is 15.9 Å². The van der Waals surface area contributed by atoms with E-state index in [0.29, 0.717) is 16.6 Å². The van der Waals surface area contributed by atoms with E-state index in [9.17, 15) is 0 Å². The Morgan fingerprint density at radius 2 is 2.16 bits per heavy atom. The van der Waals surface area contributed by atoms with Crippen LogP contribution < -0.4 is 9.75 Å². The molecule has 5 nitrogen and oxygen atoms in total. The van der Waals surface area contributed by atoms with Crippen LogP contribution in [0.4, 0.5) is 5.69 Å². The lowest BCUT2D eigenvalue weighted by molar-refractivity contribution is -0.746. The first kappa shape index (κ1) is 16.1. The Balaban J connectivity index is 1.70. The molecule has 0 spiro atoms. The predicted octanol–water partition coefficient (Wildman–Crippen LogP) is 4.25. The number of aliphatic imine (C=N–C) groups is 2. The van der Waals surface area contributed by atoms with Gasteiger partial charge in [-0.3, -0.25) is 4.99 Å². The zero-order valence-corrected chi connectivity index (χ0v) is 14.9. The number of quaternary nitrogens is 1. The Morgan fingerprint density at radius 1 is 1.28 bits per heavy atom. The van der Waals surface area contributed by atoms with Crippen LogP contribution >= 0.6 is 0 Å². The van der Waals surface area contributed by atoms with Gasteiger partial charge in [-0.25, -0.2) is 10.0 Å². The number of rotatable bonds is 6. The third-order valence-corrected chi connectivity index (χ3v) is 4.89. The number of nitrogens with zero attached hydrogens (tertiary/aromatic N) is 4. The summed E-state index contributed by atoms with van der Waals surface area (Å²) in [4.78, 5) is 8.73. The Kier molecular flexibility index (Phi) is 4.17. The van der Waals surface area contributed by atoms with Crippen LogP contribution in [0.1, 0.15) is 33.1 Å². The number of hydrogen-bond donors (Lipinski definition) is 0. The van der Waals surface area contributed by atoms with E-state index < -0.39 is 0 Å². The first-order chi connectivity index (χ1) is 12.2. The summed E-state index contributed by atoms with van der Waals surface area (Å²) >= 11 is 0. The average Bonchev–Trinajstić information content (AvgIpc) is 3.01. The molecule has 4 rings (SSSR count). The lowest BCUT2D eigenvalue weighted by atomic mass is 9.91. The molecule has 3 aliphatic rings. The number of fused-ring (bicyclic) bond motifs is 1. The van der Waals surface area contributed by atoms with E-state index in [-0.39, 0.29) is 0 Å². The number of ether oxygens (including phenoxy) is 1. The van der Waals surface area contributed by atoms with Gasteiger partial charge in [0.25, 0.3) is 0 Å². The second-order valence-corrected chi connectivity index (χ2v) is 7.26. The Labute approximate surface area is 149 Å². The summed E-state index contributed by atoms with van der Waals surface area (Å²) in [5.41, 5.74) is 2.23. The standard InChI is InChI=1S/C20H25N4O/c1-16(2)14-25-20-8-4-7-18(11-20)23(17-5-3-6-17)24-10-9-21-12-19(24)13-22-15-24/h4,7-13,15-17H,3,5-6,14H2,1-2H3/q+1. The molecule has 2 aliphatic heterocycles. The molecule has 0 bridgehead atoms. The normalized spacial score (nSPS) is 24.2. The number of anilines is 1. The fourth-order valence-electron chi connectivity index (χ4n) is 3.41. The van der Waals surface area contributed by atoms with E-state index in [1.807, 2.05) is 31.0 Å². The zero-order valence-electron chi connectivity index (χ0n) is 14.9. The molecule has 1 saturated carbocycles. The molecular weight excluding hydrogens is 312 g/mol. The number of allylic oxidation sites excluding steroid dienone is 1. The number of benzene rings is 1. The highest BCUT2D eigenvalue weighted by Crippen LogP contribution is 2.39. The quantitative estimate of drug-likeness (QED) is 0.728. The molecule has 130 valence electrons. The maximum Gasteiger partial charge on any atom is 0.225 e. The maximum atomic E-state index is 5.96. The van der Waals surface area contributed by atoms with Crippen molar-refractivity contribution in [1.29, 1.82) is 0 Å². The van der Waals surface area contributed by atoms with E-state index in [1.54, 1.807) is 0 Å². The largest absolute Gasteiger partial charge is 0.493 e. The molecule has 5 heteroatoms. The van der Waals surface area contributed by atoms with E-state index >= 15 is 0 Å². The lowest BCUT2D eigenvalue weighted by Crippen LogP contribution is -2.61. The van der Waals surface area contributed by atoms with E-state index in [0.717, 1.165) is 23.7 Å².